The molecule has 0 fully saturated rings. The highest BCUT2D eigenvalue weighted by molar-refractivity contribution is 7.10. The third-order valence-corrected chi connectivity index (χ3v) is 7.94. The van der Waals surface area contributed by atoms with E-state index in [1.54, 1.807) is 86.0 Å². The van der Waals surface area contributed by atoms with Crippen LogP contribution >= 0.6 is 11.3 Å². The van der Waals surface area contributed by atoms with Crippen molar-refractivity contribution in [2.45, 2.75) is 12.6 Å². The summed E-state index contributed by atoms with van der Waals surface area (Å²) in [5.41, 5.74) is 1.82. The minimum atomic E-state index is -1.05. The molecular weight excluding hydrogens is 558 g/mol. The van der Waals surface area contributed by atoms with E-state index >= 15 is 0 Å². The summed E-state index contributed by atoms with van der Waals surface area (Å²) in [7, 11) is 1.56. The van der Waals surface area contributed by atoms with E-state index in [4.69, 9.17) is 14.2 Å². The number of anilines is 2. The van der Waals surface area contributed by atoms with Crippen LogP contribution in [0.1, 0.15) is 26.8 Å². The maximum atomic E-state index is 14.1. The molecule has 2 aliphatic heterocycles. The number of hydrogen-bond donors (Lipinski definition) is 1. The number of ketones is 1. The molecular formula is C31H25N3O7S. The molecule has 0 bridgehead atoms. The van der Waals surface area contributed by atoms with E-state index in [0.717, 1.165) is 5.56 Å². The number of ether oxygens (including phenoxy) is 3. The second-order valence-corrected chi connectivity index (χ2v) is 10.6. The van der Waals surface area contributed by atoms with Crippen LogP contribution in [0.15, 0.2) is 84.2 Å². The SMILES string of the molecule is COc1ccc(CN(C(=O)CN2C(=O)C(=O)c3ccccc32)C(C(=O)Nc2ccc3c(c2)OCO3)c2cccs2)cc1. The number of amides is 3. The Morgan fingerprint density at radius 3 is 2.55 bits per heavy atom. The van der Waals surface area contributed by atoms with Crippen molar-refractivity contribution in [3.05, 3.63) is 100 Å². The Bertz CT molecular complexity index is 1670. The lowest BCUT2D eigenvalue weighted by molar-refractivity contribution is -0.138. The fourth-order valence-electron chi connectivity index (χ4n) is 4.94. The second kappa shape index (κ2) is 11.4. The van der Waals surface area contributed by atoms with Crippen LogP contribution < -0.4 is 24.4 Å². The van der Waals surface area contributed by atoms with Crippen molar-refractivity contribution in [2.24, 2.45) is 0 Å². The predicted molar refractivity (Wildman–Crippen MR) is 155 cm³/mol. The van der Waals surface area contributed by atoms with E-state index in [9.17, 15) is 19.2 Å². The van der Waals surface area contributed by atoms with Crippen molar-refractivity contribution in [1.29, 1.82) is 0 Å². The standard InChI is InChI=1S/C31H25N3O7S/c1-39-21-11-8-19(9-12-21)16-34(27(35)17-33-23-6-3-2-5-22(23)29(36)31(33)38)28(26-7-4-14-42-26)30(37)32-20-10-13-24-25(15-20)41-18-40-24/h2-15,28H,16-18H2,1H3,(H,32,37). The molecule has 0 saturated carbocycles. The highest BCUT2D eigenvalue weighted by Crippen LogP contribution is 2.36. The van der Waals surface area contributed by atoms with Gasteiger partial charge in [-0.3, -0.25) is 24.1 Å². The molecule has 4 aromatic rings. The number of hydrogen-bond acceptors (Lipinski definition) is 8. The van der Waals surface area contributed by atoms with Crippen molar-refractivity contribution in [1.82, 2.24) is 4.90 Å². The number of para-hydroxylation sites is 1. The fourth-order valence-corrected chi connectivity index (χ4v) is 5.77. The molecule has 3 heterocycles. The number of carbonyl (C=O) groups excluding carboxylic acids is 4. The molecule has 10 nitrogen and oxygen atoms in total. The van der Waals surface area contributed by atoms with Gasteiger partial charge in [-0.05, 0) is 53.4 Å². The number of carbonyl (C=O) groups is 4. The van der Waals surface area contributed by atoms with Crippen LogP contribution in [0.4, 0.5) is 11.4 Å². The lowest BCUT2D eigenvalue weighted by atomic mass is 10.1. The zero-order valence-electron chi connectivity index (χ0n) is 22.4. The van der Waals surface area contributed by atoms with E-state index in [0.29, 0.717) is 33.5 Å². The maximum absolute atomic E-state index is 14.1. The summed E-state index contributed by atoms with van der Waals surface area (Å²) in [6.07, 6.45) is 0. The van der Waals surface area contributed by atoms with Gasteiger partial charge >= 0.3 is 0 Å². The molecule has 1 N–H and O–H groups in total. The molecule has 1 atom stereocenters. The highest BCUT2D eigenvalue weighted by Gasteiger charge is 2.39. The molecule has 1 unspecified atom stereocenters. The summed E-state index contributed by atoms with van der Waals surface area (Å²) in [6.45, 7) is -0.274. The first-order valence-corrected chi connectivity index (χ1v) is 13.9. The van der Waals surface area contributed by atoms with Crippen molar-refractivity contribution < 1.29 is 33.4 Å². The van der Waals surface area contributed by atoms with Crippen molar-refractivity contribution in [3.8, 4) is 17.2 Å². The summed E-state index contributed by atoms with van der Waals surface area (Å²) in [6, 6.07) is 21.3. The quantitative estimate of drug-likeness (QED) is 0.290. The number of benzene rings is 3. The normalized spacial score (nSPS) is 14.0. The lowest BCUT2D eigenvalue weighted by Gasteiger charge is -2.32. The molecule has 3 amide bonds. The number of nitrogens with zero attached hydrogens (tertiary/aromatic N) is 2. The topological polar surface area (TPSA) is 114 Å². The molecule has 0 radical (unpaired) electrons. The number of Topliss-reactive ketones (excluding diaryl/α,β-unsaturated/α-hetero) is 1. The zero-order valence-corrected chi connectivity index (χ0v) is 23.3. The second-order valence-electron chi connectivity index (χ2n) is 9.58. The summed E-state index contributed by atoms with van der Waals surface area (Å²) < 4.78 is 16.1. The summed E-state index contributed by atoms with van der Waals surface area (Å²) in [4.78, 5) is 56.8. The molecule has 0 saturated heterocycles. The number of nitrogens with one attached hydrogen (secondary N) is 1. The van der Waals surface area contributed by atoms with E-state index in [1.165, 1.54) is 21.1 Å². The highest BCUT2D eigenvalue weighted by atomic mass is 32.1. The van der Waals surface area contributed by atoms with Crippen LogP contribution in [0, 0.1) is 0 Å². The molecule has 2 aliphatic rings. The molecule has 212 valence electrons. The van der Waals surface area contributed by atoms with Gasteiger partial charge in [0.25, 0.3) is 17.6 Å². The number of rotatable bonds is 9. The Balaban J connectivity index is 1.35. The Kier molecular flexibility index (Phi) is 7.32. The number of fused-ring (bicyclic) bond motifs is 2. The minimum absolute atomic E-state index is 0.0532. The first-order valence-electron chi connectivity index (χ1n) is 13.0. The molecule has 42 heavy (non-hydrogen) atoms. The van der Waals surface area contributed by atoms with Gasteiger partial charge in [0.1, 0.15) is 18.3 Å². The van der Waals surface area contributed by atoms with Gasteiger partial charge in [0, 0.05) is 23.2 Å². The maximum Gasteiger partial charge on any atom is 0.299 e. The van der Waals surface area contributed by atoms with Crippen LogP contribution in [0.3, 0.4) is 0 Å². The predicted octanol–water partition coefficient (Wildman–Crippen LogP) is 4.42. The molecule has 3 aromatic carbocycles. The first kappa shape index (κ1) is 27.0. The minimum Gasteiger partial charge on any atom is -0.497 e. The number of methoxy groups -OCH3 is 1. The van der Waals surface area contributed by atoms with Crippen LogP contribution in [0.25, 0.3) is 0 Å². The van der Waals surface area contributed by atoms with Crippen LogP contribution in [-0.2, 0) is 20.9 Å². The van der Waals surface area contributed by atoms with E-state index in [1.807, 2.05) is 5.38 Å². The Labute approximate surface area is 245 Å². The third-order valence-electron chi connectivity index (χ3n) is 7.02. The third kappa shape index (κ3) is 5.17. The molecule has 0 spiro atoms. The molecule has 11 heteroatoms. The van der Waals surface area contributed by atoms with Crippen LogP contribution in [-0.4, -0.2) is 48.9 Å². The van der Waals surface area contributed by atoms with Crippen LogP contribution in [0.2, 0.25) is 0 Å². The van der Waals surface area contributed by atoms with Gasteiger partial charge in [-0.1, -0.05) is 30.3 Å². The Hall–Kier alpha value is -5.16. The summed E-state index contributed by atoms with van der Waals surface area (Å²) in [5, 5.41) is 4.73. The lowest BCUT2D eigenvalue weighted by Crippen LogP contribution is -2.46. The van der Waals surface area contributed by atoms with E-state index in [2.05, 4.69) is 5.32 Å². The fraction of sp³-hybridized carbons (Fsp3) is 0.161. The number of thiophene rings is 1. The zero-order chi connectivity index (χ0) is 29.2. The van der Waals surface area contributed by atoms with Gasteiger partial charge in [-0.2, -0.15) is 0 Å². The first-order chi connectivity index (χ1) is 20.4. The molecule has 0 aliphatic carbocycles. The Morgan fingerprint density at radius 1 is 1.00 bits per heavy atom. The van der Waals surface area contributed by atoms with E-state index in [-0.39, 0.29) is 18.9 Å². The monoisotopic (exact) mass is 583 g/mol. The van der Waals surface area contributed by atoms with Gasteiger partial charge in [-0.25, -0.2) is 0 Å². The Morgan fingerprint density at radius 2 is 1.79 bits per heavy atom. The summed E-state index contributed by atoms with van der Waals surface area (Å²) in [5.74, 6) is -0.705. The largest absolute Gasteiger partial charge is 0.497 e. The average Bonchev–Trinajstić information content (AvgIpc) is 3.75. The van der Waals surface area contributed by atoms with Gasteiger partial charge in [-0.15, -0.1) is 11.3 Å². The van der Waals surface area contributed by atoms with Crippen molar-refractivity contribution in [3.63, 3.8) is 0 Å². The summed E-state index contributed by atoms with van der Waals surface area (Å²) >= 11 is 1.33. The van der Waals surface area contributed by atoms with Gasteiger partial charge in [0.2, 0.25) is 12.7 Å². The average molecular weight is 584 g/mol. The van der Waals surface area contributed by atoms with Gasteiger partial charge in [0.15, 0.2) is 11.5 Å². The van der Waals surface area contributed by atoms with Crippen LogP contribution in [0.5, 0.6) is 17.2 Å². The molecule has 6 rings (SSSR count). The smallest absolute Gasteiger partial charge is 0.299 e. The van der Waals surface area contributed by atoms with Crippen molar-refractivity contribution >= 4 is 46.2 Å². The van der Waals surface area contributed by atoms with Crippen molar-refractivity contribution in [2.75, 3.05) is 30.7 Å². The van der Waals surface area contributed by atoms with Gasteiger partial charge < -0.3 is 24.4 Å². The molecule has 1 aromatic heterocycles. The van der Waals surface area contributed by atoms with Gasteiger partial charge in [0.05, 0.1) is 18.4 Å². The van der Waals surface area contributed by atoms with E-state index < -0.39 is 36.1 Å².